The zero-order chi connectivity index (χ0) is 29.2. The molecule has 0 atom stereocenters. The maximum absolute atomic E-state index is 13.9. The van der Waals surface area contributed by atoms with Crippen LogP contribution in [0.1, 0.15) is 28.7 Å². The highest BCUT2D eigenvalue weighted by atomic mass is 35.5. The van der Waals surface area contributed by atoms with E-state index in [2.05, 4.69) is 0 Å². The van der Waals surface area contributed by atoms with Crippen LogP contribution in [-0.4, -0.2) is 11.9 Å². The molecule has 0 heterocycles. The number of rotatable bonds is 12. The number of carbonyl (C=O) groups excluding carboxylic acids is 2. The van der Waals surface area contributed by atoms with Crippen LogP contribution in [0.15, 0.2) is 84.9 Å². The van der Waals surface area contributed by atoms with E-state index in [0.29, 0.717) is 22.6 Å². The summed E-state index contributed by atoms with van der Waals surface area (Å²) in [6.45, 7) is -0.175. The van der Waals surface area contributed by atoms with E-state index in [9.17, 15) is 18.4 Å². The predicted octanol–water partition coefficient (Wildman–Crippen LogP) is 7.61. The standard InChI is InChI=1S/C31H24Cl2F2O6/c32-26-3-1-5-28(34)24(26)18-38-22-11-7-20(8-12-22)16-40-30(36)15-31(37)41-17-21-9-13-23(14-10-21)39-19-25-27(33)4-2-6-29(25)35/h1-14H,15-19H2. The smallest absolute Gasteiger partial charge is 0.317 e. The van der Waals surface area contributed by atoms with E-state index in [1.165, 1.54) is 24.3 Å². The average molecular weight is 601 g/mol. The first-order chi connectivity index (χ1) is 19.8. The van der Waals surface area contributed by atoms with Crippen molar-refractivity contribution in [2.24, 2.45) is 0 Å². The van der Waals surface area contributed by atoms with Crippen LogP contribution in [0.5, 0.6) is 11.5 Å². The van der Waals surface area contributed by atoms with Crippen LogP contribution in [0.2, 0.25) is 10.0 Å². The molecular formula is C31H24Cl2F2O6. The van der Waals surface area contributed by atoms with Gasteiger partial charge in [0.15, 0.2) is 0 Å². The van der Waals surface area contributed by atoms with Gasteiger partial charge in [-0.1, -0.05) is 59.6 Å². The Kier molecular flexibility index (Phi) is 10.5. The lowest BCUT2D eigenvalue weighted by Gasteiger charge is -2.10. The van der Waals surface area contributed by atoms with Crippen LogP contribution < -0.4 is 9.47 Å². The van der Waals surface area contributed by atoms with E-state index in [-0.39, 0.29) is 47.6 Å². The summed E-state index contributed by atoms with van der Waals surface area (Å²) < 4.78 is 49.2. The van der Waals surface area contributed by atoms with Gasteiger partial charge in [0.1, 0.15) is 56.0 Å². The Labute approximate surface area is 245 Å². The molecule has 10 heteroatoms. The summed E-state index contributed by atoms with van der Waals surface area (Å²) in [6.07, 6.45) is -0.546. The van der Waals surface area contributed by atoms with Crippen molar-refractivity contribution >= 4 is 35.1 Å². The van der Waals surface area contributed by atoms with E-state index < -0.39 is 30.0 Å². The molecule has 0 saturated heterocycles. The number of hydrogen-bond donors (Lipinski definition) is 0. The fraction of sp³-hybridized carbons (Fsp3) is 0.161. The topological polar surface area (TPSA) is 71.1 Å². The van der Waals surface area contributed by atoms with Gasteiger partial charge in [0.2, 0.25) is 0 Å². The molecule has 6 nitrogen and oxygen atoms in total. The first-order valence-electron chi connectivity index (χ1n) is 12.4. The number of carbonyl (C=O) groups is 2. The molecule has 0 saturated carbocycles. The highest BCUT2D eigenvalue weighted by molar-refractivity contribution is 6.31. The first kappa shape index (κ1) is 29.8. The van der Waals surface area contributed by atoms with E-state index >= 15 is 0 Å². The molecule has 0 spiro atoms. The lowest BCUT2D eigenvalue weighted by molar-refractivity contribution is -0.156. The molecule has 0 aliphatic carbocycles. The lowest BCUT2D eigenvalue weighted by atomic mass is 10.2. The highest BCUT2D eigenvalue weighted by Gasteiger charge is 2.13. The summed E-state index contributed by atoms with van der Waals surface area (Å²) in [5.74, 6) is -1.41. The van der Waals surface area contributed by atoms with Crippen molar-refractivity contribution in [1.29, 1.82) is 0 Å². The highest BCUT2D eigenvalue weighted by Crippen LogP contribution is 2.23. The molecule has 0 N–H and O–H groups in total. The third-order valence-electron chi connectivity index (χ3n) is 5.82. The Hall–Kier alpha value is -4.14. The van der Waals surface area contributed by atoms with Gasteiger partial charge in [-0.15, -0.1) is 0 Å². The van der Waals surface area contributed by atoms with Gasteiger partial charge >= 0.3 is 11.9 Å². The van der Waals surface area contributed by atoms with Gasteiger partial charge in [0.25, 0.3) is 0 Å². The van der Waals surface area contributed by atoms with Gasteiger partial charge in [-0.3, -0.25) is 9.59 Å². The zero-order valence-electron chi connectivity index (χ0n) is 21.6. The van der Waals surface area contributed by atoms with Gasteiger partial charge in [-0.25, -0.2) is 8.78 Å². The minimum atomic E-state index is -0.736. The summed E-state index contributed by atoms with van der Waals surface area (Å²) in [5.41, 5.74) is 1.85. The normalized spacial score (nSPS) is 10.6. The molecule has 0 aliphatic rings. The van der Waals surface area contributed by atoms with Gasteiger partial charge in [-0.05, 0) is 59.7 Å². The fourth-order valence-corrected chi connectivity index (χ4v) is 4.00. The molecule has 4 rings (SSSR count). The van der Waals surface area contributed by atoms with Gasteiger partial charge in [0, 0.05) is 11.1 Å². The molecule has 212 valence electrons. The summed E-state index contributed by atoms with van der Waals surface area (Å²) in [7, 11) is 0. The second kappa shape index (κ2) is 14.5. The van der Waals surface area contributed by atoms with Crippen LogP contribution in [0.25, 0.3) is 0 Å². The molecule has 4 aromatic rings. The third kappa shape index (κ3) is 8.93. The van der Waals surface area contributed by atoms with Crippen molar-refractivity contribution < 1.29 is 37.3 Å². The third-order valence-corrected chi connectivity index (χ3v) is 6.53. The number of benzene rings is 4. The summed E-state index contributed by atoms with van der Waals surface area (Å²) in [6, 6.07) is 22.1. The van der Waals surface area contributed by atoms with Crippen molar-refractivity contribution in [2.45, 2.75) is 32.8 Å². The van der Waals surface area contributed by atoms with E-state index in [4.69, 9.17) is 42.1 Å². The average Bonchev–Trinajstić information content (AvgIpc) is 2.96. The molecule has 4 aromatic carbocycles. The maximum Gasteiger partial charge on any atom is 0.317 e. The van der Waals surface area contributed by atoms with Gasteiger partial charge < -0.3 is 18.9 Å². The molecule has 0 unspecified atom stereocenters. The molecular weight excluding hydrogens is 577 g/mol. The predicted molar refractivity (Wildman–Crippen MR) is 149 cm³/mol. The van der Waals surface area contributed by atoms with Crippen molar-refractivity contribution in [2.75, 3.05) is 0 Å². The Morgan fingerprint density at radius 3 is 1.32 bits per heavy atom. The van der Waals surface area contributed by atoms with Gasteiger partial charge in [0.05, 0.1) is 10.0 Å². The molecule has 0 bridgehead atoms. The number of esters is 2. The van der Waals surface area contributed by atoms with E-state index in [1.807, 2.05) is 0 Å². The SMILES string of the molecule is O=C(CC(=O)OCc1ccc(OCc2c(F)cccc2Cl)cc1)OCc1ccc(OCc2c(F)cccc2Cl)cc1. The quantitative estimate of drug-likeness (QED) is 0.123. The Morgan fingerprint density at radius 2 is 0.951 bits per heavy atom. The molecule has 0 fully saturated rings. The monoisotopic (exact) mass is 600 g/mol. The Morgan fingerprint density at radius 1 is 0.561 bits per heavy atom. The van der Waals surface area contributed by atoms with Crippen LogP contribution in [0, 0.1) is 11.6 Å². The fourth-order valence-electron chi connectivity index (χ4n) is 3.56. The number of ether oxygens (including phenoxy) is 4. The minimum Gasteiger partial charge on any atom is -0.489 e. The number of hydrogen-bond acceptors (Lipinski definition) is 6. The summed E-state index contributed by atoms with van der Waals surface area (Å²) in [5, 5.41) is 0.554. The largest absolute Gasteiger partial charge is 0.489 e. The number of halogens is 4. The molecule has 0 aromatic heterocycles. The zero-order valence-corrected chi connectivity index (χ0v) is 23.1. The van der Waals surface area contributed by atoms with Gasteiger partial charge in [-0.2, -0.15) is 0 Å². The van der Waals surface area contributed by atoms with Crippen molar-refractivity contribution in [1.82, 2.24) is 0 Å². The Balaban J connectivity index is 1.15. The van der Waals surface area contributed by atoms with Crippen molar-refractivity contribution in [3.8, 4) is 11.5 Å². The summed E-state index contributed by atoms with van der Waals surface area (Å²) in [4.78, 5) is 24.1. The van der Waals surface area contributed by atoms with E-state index in [1.54, 1.807) is 60.7 Å². The second-order valence-electron chi connectivity index (χ2n) is 8.76. The minimum absolute atomic E-state index is 0.0370. The second-order valence-corrected chi connectivity index (χ2v) is 9.58. The van der Waals surface area contributed by atoms with Crippen LogP contribution in [-0.2, 0) is 45.5 Å². The van der Waals surface area contributed by atoms with Crippen molar-refractivity contribution in [3.05, 3.63) is 129 Å². The molecule has 0 radical (unpaired) electrons. The lowest BCUT2D eigenvalue weighted by Crippen LogP contribution is -2.13. The summed E-state index contributed by atoms with van der Waals surface area (Å²) >= 11 is 12.0. The van der Waals surface area contributed by atoms with Crippen LogP contribution in [0.3, 0.4) is 0 Å². The van der Waals surface area contributed by atoms with Crippen LogP contribution in [0.4, 0.5) is 8.78 Å². The molecule has 0 amide bonds. The molecule has 41 heavy (non-hydrogen) atoms. The van der Waals surface area contributed by atoms with E-state index in [0.717, 1.165) is 0 Å². The molecule has 0 aliphatic heterocycles. The Bertz CT molecular complexity index is 1340. The first-order valence-corrected chi connectivity index (χ1v) is 13.1. The van der Waals surface area contributed by atoms with Crippen LogP contribution >= 0.6 is 23.2 Å². The van der Waals surface area contributed by atoms with Crippen molar-refractivity contribution in [3.63, 3.8) is 0 Å². The maximum atomic E-state index is 13.9.